The van der Waals surface area contributed by atoms with Gasteiger partial charge in [-0.15, -0.1) is 0 Å². The van der Waals surface area contributed by atoms with Crippen LogP contribution in [0, 0.1) is 5.82 Å². The molecule has 0 aliphatic heterocycles. The van der Waals surface area contributed by atoms with E-state index in [-0.39, 0.29) is 17.8 Å². The molecule has 0 radical (unpaired) electrons. The molecule has 0 bridgehead atoms. The molecule has 30 heavy (non-hydrogen) atoms. The number of pyridine rings is 2. The number of carbonyl (C=O) groups is 1. The van der Waals surface area contributed by atoms with Gasteiger partial charge in [0.15, 0.2) is 0 Å². The Morgan fingerprint density at radius 1 is 1.13 bits per heavy atom. The zero-order chi connectivity index (χ0) is 21.1. The fraction of sp³-hybridized carbons (Fsp3) is 0.182. The van der Waals surface area contributed by atoms with Crippen LogP contribution in [-0.4, -0.2) is 25.7 Å². The van der Waals surface area contributed by atoms with Gasteiger partial charge in [0.1, 0.15) is 5.82 Å². The minimum absolute atomic E-state index is 0.171. The Kier molecular flexibility index (Phi) is 5.85. The molecule has 152 valence electrons. The zero-order valence-corrected chi connectivity index (χ0v) is 17.8. The lowest BCUT2D eigenvalue weighted by Crippen LogP contribution is -2.28. The van der Waals surface area contributed by atoms with E-state index in [9.17, 15) is 9.18 Å². The molecule has 1 unspecified atom stereocenters. The summed E-state index contributed by atoms with van der Waals surface area (Å²) in [6.07, 6.45) is 9.97. The van der Waals surface area contributed by atoms with Crippen molar-refractivity contribution in [3.63, 3.8) is 0 Å². The molecule has 0 saturated carbocycles. The van der Waals surface area contributed by atoms with Gasteiger partial charge in [-0.25, -0.2) is 9.07 Å². The van der Waals surface area contributed by atoms with Crippen LogP contribution in [-0.2, 0) is 0 Å². The first-order valence-corrected chi connectivity index (χ1v) is 10.3. The predicted molar refractivity (Wildman–Crippen MR) is 116 cm³/mol. The third kappa shape index (κ3) is 4.09. The van der Waals surface area contributed by atoms with Crippen molar-refractivity contribution in [2.75, 3.05) is 0 Å². The van der Waals surface area contributed by atoms with E-state index in [4.69, 9.17) is 0 Å². The maximum Gasteiger partial charge on any atom is 0.254 e. The van der Waals surface area contributed by atoms with Gasteiger partial charge in [0.05, 0.1) is 35.2 Å². The van der Waals surface area contributed by atoms with Gasteiger partial charge < -0.3 is 5.32 Å². The van der Waals surface area contributed by atoms with Gasteiger partial charge in [-0.2, -0.15) is 5.10 Å². The summed E-state index contributed by atoms with van der Waals surface area (Å²) in [6.45, 7) is 2.07. The normalized spacial score (nSPS) is 12.1. The Morgan fingerprint density at radius 3 is 2.63 bits per heavy atom. The molecule has 4 aromatic rings. The van der Waals surface area contributed by atoms with Crippen molar-refractivity contribution in [1.29, 1.82) is 0 Å². The maximum absolute atomic E-state index is 13.3. The topological polar surface area (TPSA) is 72.7 Å². The fourth-order valence-corrected chi connectivity index (χ4v) is 3.76. The van der Waals surface area contributed by atoms with E-state index in [1.54, 1.807) is 41.6 Å². The number of nitrogens with zero attached hydrogens (tertiary/aromatic N) is 4. The van der Waals surface area contributed by atoms with Crippen LogP contribution in [0.5, 0.6) is 0 Å². The number of carbonyl (C=O) groups excluding carboxylic acids is 1. The number of nitrogens with one attached hydrogen (secondary N) is 1. The minimum atomic E-state index is -0.322. The van der Waals surface area contributed by atoms with Gasteiger partial charge in [0, 0.05) is 28.4 Å². The fourth-order valence-electron chi connectivity index (χ4n) is 3.38. The largest absolute Gasteiger partial charge is 0.345 e. The van der Waals surface area contributed by atoms with E-state index in [2.05, 4.69) is 43.2 Å². The third-order valence-electron chi connectivity index (χ3n) is 4.82. The van der Waals surface area contributed by atoms with Gasteiger partial charge in [-0.3, -0.25) is 14.8 Å². The molecule has 1 aromatic carbocycles. The van der Waals surface area contributed by atoms with E-state index in [1.165, 1.54) is 18.3 Å². The molecule has 0 spiro atoms. The quantitative estimate of drug-likeness (QED) is 0.433. The van der Waals surface area contributed by atoms with Crippen molar-refractivity contribution >= 4 is 32.7 Å². The maximum atomic E-state index is 13.3. The number of halogens is 2. The summed E-state index contributed by atoms with van der Waals surface area (Å²) in [7, 11) is 0. The molecular weight excluding hydrogens is 449 g/mol. The monoisotopic (exact) mass is 467 g/mol. The Labute approximate surface area is 181 Å². The van der Waals surface area contributed by atoms with E-state index >= 15 is 0 Å². The van der Waals surface area contributed by atoms with Crippen LogP contribution in [0.2, 0.25) is 0 Å². The summed E-state index contributed by atoms with van der Waals surface area (Å²) < 4.78 is 15.8. The van der Waals surface area contributed by atoms with Gasteiger partial charge in [0.2, 0.25) is 0 Å². The number of hydrogen-bond donors (Lipinski definition) is 1. The summed E-state index contributed by atoms with van der Waals surface area (Å²) in [5.74, 6) is -0.553. The Bertz CT molecular complexity index is 1190. The van der Waals surface area contributed by atoms with Crippen LogP contribution < -0.4 is 5.32 Å². The molecule has 3 heterocycles. The summed E-state index contributed by atoms with van der Waals surface area (Å²) >= 11 is 3.43. The first kappa shape index (κ1) is 20.2. The second-order valence-corrected chi connectivity index (χ2v) is 7.82. The molecule has 3 aromatic heterocycles. The summed E-state index contributed by atoms with van der Waals surface area (Å²) in [5.41, 5.74) is 2.73. The Hall–Kier alpha value is -3.13. The van der Waals surface area contributed by atoms with Crippen LogP contribution in [0.15, 0.2) is 65.8 Å². The zero-order valence-electron chi connectivity index (χ0n) is 16.2. The van der Waals surface area contributed by atoms with Gasteiger partial charge in [0.25, 0.3) is 5.91 Å². The average molecular weight is 468 g/mol. The first-order chi connectivity index (χ1) is 14.6. The second kappa shape index (κ2) is 8.71. The molecule has 0 fully saturated rings. The minimum Gasteiger partial charge on any atom is -0.345 e. The Balaban J connectivity index is 1.67. The van der Waals surface area contributed by atoms with E-state index < -0.39 is 0 Å². The average Bonchev–Trinajstić information content (AvgIpc) is 3.18. The van der Waals surface area contributed by atoms with E-state index in [0.717, 1.165) is 22.9 Å². The van der Waals surface area contributed by atoms with Crippen LogP contribution in [0.1, 0.15) is 41.7 Å². The number of amides is 1. The SMILES string of the molecule is CCCC(NC(=O)c1cncc2c1cnn2-c1ccc(F)cc1)c1cncc(Br)c1. The van der Waals surface area contributed by atoms with Gasteiger partial charge in [-0.1, -0.05) is 13.3 Å². The van der Waals surface area contributed by atoms with Crippen molar-refractivity contribution in [3.05, 3.63) is 82.7 Å². The number of fused-ring (bicyclic) bond motifs is 1. The standard InChI is InChI=1S/C22H19BrFN5O/c1-2-3-20(14-8-15(23)10-25-9-14)28-22(30)19-11-26-13-21-18(19)12-27-29(21)17-6-4-16(24)5-7-17/h4-13,20H,2-3H2,1H3,(H,28,30). The highest BCUT2D eigenvalue weighted by Crippen LogP contribution is 2.24. The predicted octanol–water partition coefficient (Wildman–Crippen LogP) is 4.99. The number of hydrogen-bond acceptors (Lipinski definition) is 4. The molecular formula is C22H19BrFN5O. The molecule has 1 amide bonds. The van der Waals surface area contributed by atoms with Crippen molar-refractivity contribution < 1.29 is 9.18 Å². The molecule has 0 aliphatic rings. The highest BCUT2D eigenvalue weighted by atomic mass is 79.9. The molecule has 8 heteroatoms. The highest BCUT2D eigenvalue weighted by Gasteiger charge is 2.19. The summed E-state index contributed by atoms with van der Waals surface area (Å²) in [6, 6.07) is 7.79. The van der Waals surface area contributed by atoms with Crippen LogP contribution in [0.25, 0.3) is 16.6 Å². The van der Waals surface area contributed by atoms with Crippen LogP contribution in [0.3, 0.4) is 0 Å². The number of rotatable bonds is 6. The van der Waals surface area contributed by atoms with Gasteiger partial charge in [-0.05, 0) is 58.2 Å². The van der Waals surface area contributed by atoms with Crippen molar-refractivity contribution in [3.8, 4) is 5.69 Å². The summed E-state index contributed by atoms with van der Waals surface area (Å²) in [5, 5.41) is 8.16. The molecule has 1 atom stereocenters. The molecule has 6 nitrogen and oxygen atoms in total. The lowest BCUT2D eigenvalue weighted by Gasteiger charge is -2.18. The smallest absolute Gasteiger partial charge is 0.254 e. The molecule has 4 rings (SSSR count). The lowest BCUT2D eigenvalue weighted by atomic mass is 10.0. The molecule has 0 saturated heterocycles. The molecule has 1 N–H and O–H groups in total. The van der Waals surface area contributed by atoms with E-state index in [0.29, 0.717) is 22.2 Å². The van der Waals surface area contributed by atoms with Crippen LogP contribution >= 0.6 is 15.9 Å². The lowest BCUT2D eigenvalue weighted by molar-refractivity contribution is 0.0935. The van der Waals surface area contributed by atoms with E-state index in [1.807, 2.05) is 6.07 Å². The second-order valence-electron chi connectivity index (χ2n) is 6.90. The van der Waals surface area contributed by atoms with Crippen LogP contribution in [0.4, 0.5) is 4.39 Å². The van der Waals surface area contributed by atoms with Crippen molar-refractivity contribution in [1.82, 2.24) is 25.1 Å². The molecule has 0 aliphatic carbocycles. The number of aromatic nitrogens is 4. The third-order valence-corrected chi connectivity index (χ3v) is 5.26. The van der Waals surface area contributed by atoms with Gasteiger partial charge >= 0.3 is 0 Å². The number of benzene rings is 1. The highest BCUT2D eigenvalue weighted by molar-refractivity contribution is 9.10. The first-order valence-electron chi connectivity index (χ1n) is 9.56. The Morgan fingerprint density at radius 2 is 1.90 bits per heavy atom. The van der Waals surface area contributed by atoms with Crippen molar-refractivity contribution in [2.24, 2.45) is 0 Å². The summed E-state index contributed by atoms with van der Waals surface area (Å²) in [4.78, 5) is 21.6. The van der Waals surface area contributed by atoms with Crippen molar-refractivity contribution in [2.45, 2.75) is 25.8 Å².